The standard InChI is InChI=1S/C26H30ClF3O3S/c1-17-12-21(15-22(27)13-17)25(3,4)16-20(9-11-34(32)33)19-7-8-23(18(2)14-19)24(31)6-5-10-26(28,29)30/h7-9,12-15H,5-6,10-11,16H2,1-4H3,(H,32,33). The molecule has 0 bridgehead atoms. The molecule has 1 unspecified atom stereocenters. The van der Waals surface area contributed by atoms with E-state index in [1.165, 1.54) is 0 Å². The molecule has 2 aromatic carbocycles. The van der Waals surface area contributed by atoms with Crippen molar-refractivity contribution in [3.05, 3.63) is 75.3 Å². The smallest absolute Gasteiger partial charge is 0.306 e. The number of rotatable bonds is 10. The average Bonchev–Trinajstić information content (AvgIpc) is 2.69. The predicted octanol–water partition coefficient (Wildman–Crippen LogP) is 7.85. The minimum Gasteiger partial charge on any atom is -0.306 e. The molecule has 0 saturated heterocycles. The maximum atomic E-state index is 12.5. The van der Waals surface area contributed by atoms with Gasteiger partial charge in [0.1, 0.15) is 0 Å². The molecule has 34 heavy (non-hydrogen) atoms. The first kappa shape index (κ1) is 28.3. The fraction of sp³-hybridized carbons (Fsp3) is 0.423. The highest BCUT2D eigenvalue weighted by Gasteiger charge is 2.27. The summed E-state index contributed by atoms with van der Waals surface area (Å²) in [5.41, 5.74) is 4.38. The number of hydrogen-bond donors (Lipinski definition) is 1. The van der Waals surface area contributed by atoms with Gasteiger partial charge in [0.2, 0.25) is 0 Å². The molecule has 0 aromatic heterocycles. The monoisotopic (exact) mass is 514 g/mol. The third-order valence-electron chi connectivity index (χ3n) is 5.69. The van der Waals surface area contributed by atoms with Gasteiger partial charge in [-0.3, -0.25) is 4.79 Å². The van der Waals surface area contributed by atoms with Crippen LogP contribution >= 0.6 is 11.6 Å². The first-order valence-electron chi connectivity index (χ1n) is 10.9. The molecule has 0 amide bonds. The number of Topliss-reactive ketones (excluding diaryl/α,β-unsaturated/α-hetero) is 1. The molecule has 0 aliphatic rings. The molecular formula is C26H30ClF3O3S. The lowest BCUT2D eigenvalue weighted by molar-refractivity contribution is -0.135. The maximum Gasteiger partial charge on any atom is 0.389 e. The number of carbonyl (C=O) groups is 1. The van der Waals surface area contributed by atoms with Crippen LogP contribution in [0.1, 0.15) is 72.1 Å². The van der Waals surface area contributed by atoms with Gasteiger partial charge in [0, 0.05) is 23.4 Å². The Morgan fingerprint density at radius 2 is 1.79 bits per heavy atom. The molecule has 2 rings (SSSR count). The SMILES string of the molecule is Cc1cc(Cl)cc(C(C)(C)CC(=CCS(=O)O)c2ccc(C(=O)CCCC(F)(F)F)c(C)c2)c1. The molecule has 0 heterocycles. The fourth-order valence-corrected chi connectivity index (χ4v) is 4.56. The maximum absolute atomic E-state index is 12.5. The summed E-state index contributed by atoms with van der Waals surface area (Å²) in [6.07, 6.45) is -3.42. The first-order chi connectivity index (χ1) is 15.7. The van der Waals surface area contributed by atoms with Crippen LogP contribution in [0.25, 0.3) is 5.57 Å². The quantitative estimate of drug-likeness (QED) is 0.259. The van der Waals surface area contributed by atoms with E-state index in [1.54, 1.807) is 25.1 Å². The van der Waals surface area contributed by atoms with Crippen molar-refractivity contribution in [3.63, 3.8) is 0 Å². The van der Waals surface area contributed by atoms with Gasteiger partial charge in [-0.1, -0.05) is 55.8 Å². The molecule has 0 saturated carbocycles. The lowest BCUT2D eigenvalue weighted by atomic mass is 9.77. The number of aryl methyl sites for hydroxylation is 2. The third-order valence-corrected chi connectivity index (χ3v) is 6.36. The second-order valence-corrected chi connectivity index (χ2v) is 10.6. The van der Waals surface area contributed by atoms with Crippen molar-refractivity contribution >= 4 is 34.0 Å². The van der Waals surface area contributed by atoms with Crippen molar-refractivity contribution in [1.29, 1.82) is 0 Å². The lowest BCUT2D eigenvalue weighted by Crippen LogP contribution is -2.18. The summed E-state index contributed by atoms with van der Waals surface area (Å²) in [6.45, 7) is 7.83. The predicted molar refractivity (Wildman–Crippen MR) is 133 cm³/mol. The molecule has 1 atom stereocenters. The van der Waals surface area contributed by atoms with Gasteiger partial charge < -0.3 is 4.55 Å². The van der Waals surface area contributed by atoms with Crippen LogP contribution in [0.5, 0.6) is 0 Å². The Kier molecular flexibility index (Phi) is 9.69. The van der Waals surface area contributed by atoms with Crippen LogP contribution in [0.2, 0.25) is 5.02 Å². The third kappa shape index (κ3) is 8.67. The Bertz CT molecular complexity index is 1070. The number of ketones is 1. The molecule has 0 aliphatic heterocycles. The summed E-state index contributed by atoms with van der Waals surface area (Å²) in [5, 5.41) is 0.634. The number of benzene rings is 2. The molecule has 8 heteroatoms. The first-order valence-corrected chi connectivity index (χ1v) is 12.6. The van der Waals surface area contributed by atoms with E-state index >= 15 is 0 Å². The van der Waals surface area contributed by atoms with Gasteiger partial charge in [-0.15, -0.1) is 0 Å². The van der Waals surface area contributed by atoms with E-state index in [2.05, 4.69) is 19.9 Å². The van der Waals surface area contributed by atoms with E-state index in [0.717, 1.165) is 22.3 Å². The Morgan fingerprint density at radius 1 is 1.12 bits per heavy atom. The van der Waals surface area contributed by atoms with Crippen LogP contribution in [0.15, 0.2) is 42.5 Å². The van der Waals surface area contributed by atoms with Crippen LogP contribution in [-0.4, -0.2) is 26.5 Å². The normalized spacial score (nSPS) is 13.7. The molecule has 0 aliphatic carbocycles. The molecule has 2 aromatic rings. The summed E-state index contributed by atoms with van der Waals surface area (Å²) in [6, 6.07) is 11.0. The molecule has 1 N–H and O–H groups in total. The zero-order valence-corrected chi connectivity index (χ0v) is 21.3. The van der Waals surface area contributed by atoms with E-state index in [0.29, 0.717) is 22.6 Å². The Hall–Kier alpha value is -1.96. The number of hydrogen-bond acceptors (Lipinski definition) is 2. The van der Waals surface area contributed by atoms with Crippen LogP contribution in [-0.2, 0) is 16.5 Å². The van der Waals surface area contributed by atoms with Gasteiger partial charge in [-0.2, -0.15) is 13.2 Å². The number of allylic oxidation sites excluding steroid dienone is 1. The van der Waals surface area contributed by atoms with E-state index in [1.807, 2.05) is 25.1 Å². The van der Waals surface area contributed by atoms with Crippen molar-refractivity contribution in [2.75, 3.05) is 5.75 Å². The summed E-state index contributed by atoms with van der Waals surface area (Å²) in [7, 11) is 0. The molecular weight excluding hydrogens is 485 g/mol. The van der Waals surface area contributed by atoms with Crippen molar-refractivity contribution in [3.8, 4) is 0 Å². The second kappa shape index (κ2) is 11.6. The van der Waals surface area contributed by atoms with Crippen molar-refractivity contribution in [1.82, 2.24) is 0 Å². The largest absolute Gasteiger partial charge is 0.389 e. The van der Waals surface area contributed by atoms with Crippen molar-refractivity contribution < 1.29 is 26.7 Å². The van der Waals surface area contributed by atoms with Crippen LogP contribution in [0.3, 0.4) is 0 Å². The van der Waals surface area contributed by atoms with Crippen LogP contribution in [0.4, 0.5) is 13.2 Å². The lowest BCUT2D eigenvalue weighted by Gasteiger charge is -2.28. The van der Waals surface area contributed by atoms with Gasteiger partial charge in [0.05, 0.1) is 5.75 Å². The Morgan fingerprint density at radius 3 is 2.35 bits per heavy atom. The van der Waals surface area contributed by atoms with Gasteiger partial charge in [-0.05, 0) is 72.1 Å². The van der Waals surface area contributed by atoms with E-state index in [4.69, 9.17) is 11.6 Å². The van der Waals surface area contributed by atoms with Crippen molar-refractivity contribution in [2.24, 2.45) is 0 Å². The number of carbonyl (C=O) groups excluding carboxylic acids is 1. The summed E-state index contributed by atoms with van der Waals surface area (Å²) in [5.74, 6) is -0.373. The highest BCUT2D eigenvalue weighted by atomic mass is 35.5. The van der Waals surface area contributed by atoms with Crippen LogP contribution in [0, 0.1) is 13.8 Å². The zero-order chi connectivity index (χ0) is 25.7. The molecule has 0 fully saturated rings. The highest BCUT2D eigenvalue weighted by molar-refractivity contribution is 7.79. The van der Waals surface area contributed by atoms with Crippen molar-refractivity contribution in [2.45, 2.75) is 65.0 Å². The summed E-state index contributed by atoms with van der Waals surface area (Å²) < 4.78 is 57.9. The van der Waals surface area contributed by atoms with Crippen LogP contribution < -0.4 is 0 Å². The summed E-state index contributed by atoms with van der Waals surface area (Å²) >= 11 is 4.25. The minimum absolute atomic E-state index is 0.0445. The van der Waals surface area contributed by atoms with Gasteiger partial charge in [0.25, 0.3) is 0 Å². The molecule has 3 nitrogen and oxygen atoms in total. The average molecular weight is 515 g/mol. The zero-order valence-electron chi connectivity index (χ0n) is 19.8. The summed E-state index contributed by atoms with van der Waals surface area (Å²) in [4.78, 5) is 12.5. The highest BCUT2D eigenvalue weighted by Crippen LogP contribution is 2.36. The molecule has 0 radical (unpaired) electrons. The number of halogens is 4. The van der Waals surface area contributed by atoms with E-state index in [9.17, 15) is 26.7 Å². The fourth-order valence-electron chi connectivity index (χ4n) is 3.93. The Labute approximate surface area is 206 Å². The Balaban J connectivity index is 2.32. The number of alkyl halides is 3. The molecule has 0 spiro atoms. The van der Waals surface area contributed by atoms with E-state index in [-0.39, 0.29) is 29.8 Å². The van der Waals surface area contributed by atoms with Gasteiger partial charge >= 0.3 is 6.18 Å². The van der Waals surface area contributed by atoms with Gasteiger partial charge in [-0.25, -0.2) is 4.21 Å². The second-order valence-electron chi connectivity index (χ2n) is 9.22. The topological polar surface area (TPSA) is 54.4 Å². The molecule has 186 valence electrons. The minimum atomic E-state index is -4.28. The van der Waals surface area contributed by atoms with Gasteiger partial charge in [0.15, 0.2) is 16.9 Å². The van der Waals surface area contributed by atoms with E-state index < -0.39 is 23.7 Å².